The van der Waals surface area contributed by atoms with Gasteiger partial charge in [0.2, 0.25) is 18.2 Å². The van der Waals surface area contributed by atoms with Gasteiger partial charge < -0.3 is 34.3 Å². The molecule has 3 atom stereocenters. The molecule has 0 spiro atoms. The van der Waals surface area contributed by atoms with Crippen LogP contribution >= 0.6 is 0 Å². The molecule has 2 fully saturated rings. The van der Waals surface area contributed by atoms with Gasteiger partial charge in [-0.25, -0.2) is 5.43 Å². The number of nitrogens with one attached hydrogen (secondary N) is 2. The monoisotopic (exact) mass is 944 g/mol. The molecule has 368 valence electrons. The molecular weight excluding hydrogens is 877 g/mol. The molecule has 4 aromatic rings. The van der Waals surface area contributed by atoms with Crippen LogP contribution in [0.5, 0.6) is 5.75 Å². The number of ether oxygens (including phenoxy) is 2. The first kappa shape index (κ1) is 52.8. The van der Waals surface area contributed by atoms with Gasteiger partial charge in [-0.15, -0.1) is 0 Å². The van der Waals surface area contributed by atoms with Crippen LogP contribution in [0.3, 0.4) is 0 Å². The van der Waals surface area contributed by atoms with E-state index in [0.29, 0.717) is 61.3 Å². The summed E-state index contributed by atoms with van der Waals surface area (Å²) in [6, 6.07) is 12.7. The summed E-state index contributed by atoms with van der Waals surface area (Å²) in [5, 5.41) is 16.4. The van der Waals surface area contributed by atoms with Crippen LogP contribution in [0, 0.1) is 11.3 Å². The molecule has 0 saturated carbocycles. The summed E-state index contributed by atoms with van der Waals surface area (Å²) in [5.74, 6) is -0.992. The number of halogens is 2. The lowest BCUT2D eigenvalue weighted by Crippen LogP contribution is -2.58. The number of pyridine rings is 1. The average molecular weight is 944 g/mol. The number of hydrazine groups is 1. The van der Waals surface area contributed by atoms with Crippen LogP contribution < -0.4 is 10.7 Å². The number of aromatic hydroxyl groups is 1. The second-order valence-electron chi connectivity index (χ2n) is 18.5. The van der Waals surface area contributed by atoms with Gasteiger partial charge in [0.1, 0.15) is 23.9 Å². The van der Waals surface area contributed by atoms with E-state index in [4.69, 9.17) is 9.47 Å². The number of benzene rings is 2. The van der Waals surface area contributed by atoms with E-state index in [1.807, 2.05) is 69.9 Å². The molecule has 17 heteroatoms. The summed E-state index contributed by atoms with van der Waals surface area (Å²) >= 11 is 0. The largest absolute Gasteiger partial charge is 0.508 e. The van der Waals surface area contributed by atoms with Gasteiger partial charge in [0.05, 0.1) is 18.0 Å². The topological polar surface area (TPSA) is 176 Å². The molecule has 15 nitrogen and oxygen atoms in total. The lowest BCUT2D eigenvalue weighted by atomic mass is 9.84. The van der Waals surface area contributed by atoms with Crippen molar-refractivity contribution in [3.05, 3.63) is 84.2 Å². The van der Waals surface area contributed by atoms with Gasteiger partial charge in [-0.3, -0.25) is 34.0 Å². The van der Waals surface area contributed by atoms with Gasteiger partial charge in [0.15, 0.2) is 0 Å². The number of rotatable bonds is 20. The van der Waals surface area contributed by atoms with Crippen LogP contribution in [0.4, 0.5) is 8.78 Å². The molecule has 0 radical (unpaired) electrons. The zero-order valence-corrected chi connectivity index (χ0v) is 40.3. The maximum Gasteiger partial charge on any atom is 0.345 e. The number of fused-ring (bicyclic) bond motifs is 1. The van der Waals surface area contributed by atoms with Crippen molar-refractivity contribution in [1.82, 2.24) is 35.1 Å². The highest BCUT2D eigenvalue weighted by molar-refractivity contribution is 5.96. The highest BCUT2D eigenvalue weighted by Crippen LogP contribution is 2.42. The predicted octanol–water partition coefficient (Wildman–Crippen LogP) is 7.20. The molecule has 0 bridgehead atoms. The van der Waals surface area contributed by atoms with E-state index in [1.54, 1.807) is 24.4 Å². The predicted molar refractivity (Wildman–Crippen MR) is 256 cm³/mol. The van der Waals surface area contributed by atoms with Gasteiger partial charge in [-0.05, 0) is 117 Å². The quantitative estimate of drug-likeness (QED) is 0.0607. The van der Waals surface area contributed by atoms with Gasteiger partial charge in [-0.1, -0.05) is 46.4 Å². The molecule has 2 aromatic heterocycles. The number of carbonyl (C=O) groups is 5. The number of nitrogens with zero attached hydrogens (tertiary/aromatic N) is 5. The lowest BCUT2D eigenvalue weighted by molar-refractivity contribution is -0.160. The maximum atomic E-state index is 14.0. The molecule has 3 unspecified atom stereocenters. The minimum absolute atomic E-state index is 0.0424. The van der Waals surface area contributed by atoms with Gasteiger partial charge in [-0.2, -0.15) is 8.78 Å². The van der Waals surface area contributed by atoms with Crippen LogP contribution in [-0.4, -0.2) is 119 Å². The molecule has 4 amide bonds. The SMILES string of the molecule is C=CC(=O)N1CCCC1.CCn1c(-c2cccnc2C(C)OC(F)F)c(CC(C)(C)COC=O)c2cc(-c3cc(O)cc(CC(NC(=O)C(C(C)C)N(C)C=O)C(=O)N4CCCCN4)c3)ccc21. The fourth-order valence-corrected chi connectivity index (χ4v) is 9.17. The van der Waals surface area contributed by atoms with E-state index in [-0.39, 0.29) is 36.5 Å². The number of alkyl halides is 2. The molecule has 2 aliphatic rings. The lowest BCUT2D eigenvalue weighted by Gasteiger charge is -2.33. The number of amides is 4. The molecule has 0 aliphatic carbocycles. The number of likely N-dealkylation sites (N-methyl/N-ethyl adjacent to an activating group) is 1. The summed E-state index contributed by atoms with van der Waals surface area (Å²) in [5.41, 5.74) is 8.06. The number of hydrogen-bond acceptors (Lipinski definition) is 10. The standard InChI is InChI=1S/C44H56F2N6O7.C7H11NO/c1-8-51-37-14-13-30(22-34(37)35(23-44(5,6)24-58-26-54)40(51)33-12-11-15-47-38(33)28(4)59-43(45)46)31-18-29(19-32(55)21-31)20-36(42(57)52-17-10-9-16-48-52)49-41(56)39(27(2)3)50(7)25-53;1-2-7(9)8-5-3-4-6-8/h11-15,18-19,21-22,25-28,36,39,43,48,55H,8-10,16-17,20,23-24H2,1-7H3,(H,49,56);2H,1,3-6H2. The van der Waals surface area contributed by atoms with Crippen LogP contribution in [0.25, 0.3) is 33.3 Å². The number of carbonyl (C=O) groups excluding carboxylic acids is 5. The summed E-state index contributed by atoms with van der Waals surface area (Å²) in [7, 11) is 1.53. The Morgan fingerprint density at radius 2 is 1.74 bits per heavy atom. The minimum atomic E-state index is -3.00. The van der Waals surface area contributed by atoms with Gasteiger partial charge in [0.25, 0.3) is 12.4 Å². The third kappa shape index (κ3) is 13.3. The molecular formula is C51H67F2N7O8. The second kappa shape index (κ2) is 24.2. The summed E-state index contributed by atoms with van der Waals surface area (Å²) in [4.78, 5) is 69.1. The molecule has 4 heterocycles. The maximum absolute atomic E-state index is 14.0. The Kier molecular flexibility index (Phi) is 18.8. The van der Waals surface area contributed by atoms with Crippen molar-refractivity contribution in [2.75, 3.05) is 39.8 Å². The smallest absolute Gasteiger partial charge is 0.345 e. The number of phenolic OH excluding ortho intramolecular Hbond substituents is 1. The molecule has 2 saturated heterocycles. The number of phenols is 1. The van der Waals surface area contributed by atoms with Crippen molar-refractivity contribution >= 4 is 41.5 Å². The van der Waals surface area contributed by atoms with Gasteiger partial charge in [0, 0.05) is 74.3 Å². The third-order valence-electron chi connectivity index (χ3n) is 12.3. The second-order valence-corrected chi connectivity index (χ2v) is 18.5. The highest BCUT2D eigenvalue weighted by atomic mass is 19.3. The Morgan fingerprint density at radius 3 is 2.35 bits per heavy atom. The third-order valence-corrected chi connectivity index (χ3v) is 12.3. The molecule has 68 heavy (non-hydrogen) atoms. The van der Waals surface area contributed by atoms with Crippen LogP contribution in [-0.2, 0) is 52.8 Å². The van der Waals surface area contributed by atoms with Crippen LogP contribution in [0.1, 0.15) is 90.2 Å². The van der Waals surface area contributed by atoms with Crippen molar-refractivity contribution in [2.45, 2.75) is 111 Å². The Labute approximate surface area is 397 Å². The van der Waals surface area contributed by atoms with E-state index >= 15 is 0 Å². The molecule has 2 aliphatic heterocycles. The number of likely N-dealkylation sites (tertiary alicyclic amines) is 1. The van der Waals surface area contributed by atoms with Crippen molar-refractivity contribution in [3.8, 4) is 28.1 Å². The first-order valence-electron chi connectivity index (χ1n) is 23.3. The summed E-state index contributed by atoms with van der Waals surface area (Å²) < 4.78 is 39.2. The summed E-state index contributed by atoms with van der Waals surface area (Å²) in [6.07, 6.45) is 6.98. The normalized spacial score (nSPS) is 15.3. The number of aryl methyl sites for hydroxylation is 1. The van der Waals surface area contributed by atoms with Crippen molar-refractivity contribution in [2.24, 2.45) is 11.3 Å². The minimum Gasteiger partial charge on any atom is -0.508 e. The number of aromatic nitrogens is 2. The molecule has 6 rings (SSSR count). The highest BCUT2D eigenvalue weighted by Gasteiger charge is 2.34. The molecule has 3 N–H and O–H groups in total. The average Bonchev–Trinajstić information content (AvgIpc) is 3.96. The Hall–Kier alpha value is -6.20. The fraction of sp³-hybridized carbons (Fsp3) is 0.490. The van der Waals surface area contributed by atoms with E-state index in [1.165, 1.54) is 30.0 Å². The molecule has 2 aromatic carbocycles. The fourth-order valence-electron chi connectivity index (χ4n) is 9.17. The van der Waals surface area contributed by atoms with E-state index in [9.17, 15) is 37.9 Å². The van der Waals surface area contributed by atoms with Crippen LogP contribution in [0.2, 0.25) is 0 Å². The zero-order valence-electron chi connectivity index (χ0n) is 40.3. The first-order chi connectivity index (χ1) is 32.4. The Bertz CT molecular complexity index is 2390. The van der Waals surface area contributed by atoms with Crippen molar-refractivity contribution in [3.63, 3.8) is 0 Å². The van der Waals surface area contributed by atoms with Crippen molar-refractivity contribution < 1.29 is 47.3 Å². The number of hydrogen-bond donors (Lipinski definition) is 3. The van der Waals surface area contributed by atoms with E-state index in [2.05, 4.69) is 26.9 Å². The van der Waals surface area contributed by atoms with Crippen LogP contribution in [0.15, 0.2) is 67.4 Å². The summed E-state index contributed by atoms with van der Waals surface area (Å²) in [6.45, 7) is 15.5. The van der Waals surface area contributed by atoms with Crippen molar-refractivity contribution in [1.29, 1.82) is 0 Å². The van der Waals surface area contributed by atoms with Gasteiger partial charge >= 0.3 is 6.61 Å². The Balaban J connectivity index is 0.000000858. The van der Waals surface area contributed by atoms with E-state index < -0.39 is 36.1 Å². The van der Waals surface area contributed by atoms with E-state index in [0.717, 1.165) is 66.5 Å². The Morgan fingerprint density at radius 1 is 1.01 bits per heavy atom. The zero-order chi connectivity index (χ0) is 49.7. The first-order valence-corrected chi connectivity index (χ1v) is 23.3.